The van der Waals surface area contributed by atoms with Crippen LogP contribution in [0.15, 0.2) is 24.3 Å². The van der Waals surface area contributed by atoms with Crippen LogP contribution in [0.3, 0.4) is 0 Å². The Bertz CT molecular complexity index is 429. The molecule has 0 spiro atoms. The van der Waals surface area contributed by atoms with Crippen molar-refractivity contribution in [3.63, 3.8) is 0 Å². The molecule has 1 aliphatic heterocycles. The maximum absolute atomic E-state index is 6.44. The van der Waals surface area contributed by atoms with Gasteiger partial charge in [0.2, 0.25) is 0 Å². The minimum atomic E-state index is 0.111. The Morgan fingerprint density at radius 1 is 1.25 bits per heavy atom. The Morgan fingerprint density at radius 3 is 2.45 bits per heavy atom. The minimum Gasteiger partial charge on any atom is -0.311 e. The van der Waals surface area contributed by atoms with Gasteiger partial charge < -0.3 is 5.32 Å². The second-order valence-corrected chi connectivity index (χ2v) is 6.41. The van der Waals surface area contributed by atoms with Crippen LogP contribution in [0.25, 0.3) is 0 Å². The van der Waals surface area contributed by atoms with Gasteiger partial charge in [0.15, 0.2) is 0 Å². The Morgan fingerprint density at radius 2 is 1.90 bits per heavy atom. The fourth-order valence-electron chi connectivity index (χ4n) is 3.53. The van der Waals surface area contributed by atoms with E-state index >= 15 is 0 Å². The topological polar surface area (TPSA) is 15.3 Å². The molecule has 2 rings (SSSR count). The summed E-state index contributed by atoms with van der Waals surface area (Å²) in [7, 11) is 2.05. The van der Waals surface area contributed by atoms with Gasteiger partial charge >= 0.3 is 0 Å². The number of benzene rings is 1. The largest absolute Gasteiger partial charge is 0.311 e. The van der Waals surface area contributed by atoms with Crippen LogP contribution in [0.1, 0.15) is 51.1 Å². The standard InChI is InChI=1S/C17H27ClN2/c1-4-17(2,20-12-8-5-9-13-20)16(19-3)14-10-6-7-11-15(14)18/h6-7,10-11,16,19H,4-5,8-9,12-13H2,1-3H3. The number of halogens is 1. The van der Waals surface area contributed by atoms with E-state index in [1.165, 1.54) is 37.9 Å². The molecule has 0 amide bonds. The molecular weight excluding hydrogens is 268 g/mol. The third-order valence-electron chi connectivity index (χ3n) is 4.92. The van der Waals surface area contributed by atoms with E-state index in [-0.39, 0.29) is 11.6 Å². The highest BCUT2D eigenvalue weighted by Crippen LogP contribution is 2.38. The van der Waals surface area contributed by atoms with Crippen molar-refractivity contribution < 1.29 is 0 Å². The van der Waals surface area contributed by atoms with Gasteiger partial charge in [-0.1, -0.05) is 43.1 Å². The summed E-state index contributed by atoms with van der Waals surface area (Å²) in [5, 5.41) is 4.39. The summed E-state index contributed by atoms with van der Waals surface area (Å²) in [5.41, 5.74) is 1.33. The molecule has 1 N–H and O–H groups in total. The first-order chi connectivity index (χ1) is 9.63. The molecule has 0 saturated carbocycles. The van der Waals surface area contributed by atoms with E-state index in [0.717, 1.165) is 11.4 Å². The molecule has 1 fully saturated rings. The van der Waals surface area contributed by atoms with Gasteiger partial charge in [-0.2, -0.15) is 0 Å². The Kier molecular flexibility index (Phi) is 5.48. The fraction of sp³-hybridized carbons (Fsp3) is 0.647. The Labute approximate surface area is 128 Å². The van der Waals surface area contributed by atoms with E-state index in [1.807, 2.05) is 19.2 Å². The molecule has 1 heterocycles. The lowest BCUT2D eigenvalue weighted by Crippen LogP contribution is -2.55. The first-order valence-corrected chi connectivity index (χ1v) is 8.18. The van der Waals surface area contributed by atoms with E-state index in [1.54, 1.807) is 0 Å². The zero-order valence-electron chi connectivity index (χ0n) is 13.0. The number of hydrogen-bond acceptors (Lipinski definition) is 2. The minimum absolute atomic E-state index is 0.111. The van der Waals surface area contributed by atoms with Crippen LogP contribution < -0.4 is 5.32 Å². The van der Waals surface area contributed by atoms with E-state index in [4.69, 9.17) is 11.6 Å². The highest BCUT2D eigenvalue weighted by Gasteiger charge is 2.39. The summed E-state index contributed by atoms with van der Waals surface area (Å²) in [6.45, 7) is 7.07. The van der Waals surface area contributed by atoms with Crippen LogP contribution in [0.5, 0.6) is 0 Å². The first-order valence-electron chi connectivity index (χ1n) is 7.80. The molecule has 0 aliphatic carbocycles. The summed E-state index contributed by atoms with van der Waals surface area (Å²) in [4.78, 5) is 2.65. The van der Waals surface area contributed by atoms with Crippen LogP contribution >= 0.6 is 11.6 Å². The van der Waals surface area contributed by atoms with Crippen molar-refractivity contribution in [1.82, 2.24) is 10.2 Å². The van der Waals surface area contributed by atoms with Crippen molar-refractivity contribution in [2.75, 3.05) is 20.1 Å². The smallest absolute Gasteiger partial charge is 0.0516 e. The summed E-state index contributed by atoms with van der Waals surface area (Å²) >= 11 is 6.44. The van der Waals surface area contributed by atoms with Gasteiger partial charge in [-0.15, -0.1) is 0 Å². The molecule has 0 bridgehead atoms. The van der Waals surface area contributed by atoms with Crippen molar-refractivity contribution >= 4 is 11.6 Å². The molecule has 2 atom stereocenters. The van der Waals surface area contributed by atoms with Gasteiger partial charge in [-0.3, -0.25) is 4.90 Å². The second-order valence-electron chi connectivity index (χ2n) is 6.00. The third-order valence-corrected chi connectivity index (χ3v) is 5.27. The maximum Gasteiger partial charge on any atom is 0.0516 e. The average Bonchev–Trinajstić information content (AvgIpc) is 2.50. The zero-order valence-corrected chi connectivity index (χ0v) is 13.7. The summed E-state index contributed by atoms with van der Waals surface area (Å²) in [6, 6.07) is 8.49. The third kappa shape index (κ3) is 3.03. The number of rotatable bonds is 5. The fourth-order valence-corrected chi connectivity index (χ4v) is 3.77. The Balaban J connectivity index is 2.33. The average molecular weight is 295 g/mol. The number of nitrogens with zero attached hydrogens (tertiary/aromatic N) is 1. The monoisotopic (exact) mass is 294 g/mol. The van der Waals surface area contributed by atoms with Crippen molar-refractivity contribution in [2.24, 2.45) is 0 Å². The van der Waals surface area contributed by atoms with Gasteiger partial charge in [0.05, 0.1) is 6.04 Å². The molecule has 1 aromatic rings. The van der Waals surface area contributed by atoms with E-state index < -0.39 is 0 Å². The second kappa shape index (κ2) is 6.93. The quantitative estimate of drug-likeness (QED) is 0.873. The number of piperidine rings is 1. The van der Waals surface area contributed by atoms with E-state index in [9.17, 15) is 0 Å². The van der Waals surface area contributed by atoms with Crippen LogP contribution in [-0.4, -0.2) is 30.6 Å². The van der Waals surface area contributed by atoms with Gasteiger partial charge in [0.1, 0.15) is 0 Å². The predicted octanol–water partition coefficient (Wildman–Crippen LogP) is 4.26. The molecule has 0 radical (unpaired) electrons. The lowest BCUT2D eigenvalue weighted by atomic mass is 9.81. The molecule has 2 unspecified atom stereocenters. The lowest BCUT2D eigenvalue weighted by molar-refractivity contribution is 0.0448. The number of hydrogen-bond donors (Lipinski definition) is 1. The molecule has 1 saturated heterocycles. The van der Waals surface area contributed by atoms with Crippen LogP contribution in [0.4, 0.5) is 0 Å². The molecule has 1 aliphatic rings. The van der Waals surface area contributed by atoms with Gasteiger partial charge in [-0.25, -0.2) is 0 Å². The highest BCUT2D eigenvalue weighted by molar-refractivity contribution is 6.31. The Hall–Kier alpha value is -0.570. The first kappa shape index (κ1) is 15.8. The van der Waals surface area contributed by atoms with Crippen molar-refractivity contribution in [3.8, 4) is 0 Å². The normalized spacial score (nSPS) is 21.4. The van der Waals surface area contributed by atoms with Crippen molar-refractivity contribution in [2.45, 2.75) is 51.1 Å². The van der Waals surface area contributed by atoms with Gasteiger partial charge in [0, 0.05) is 10.6 Å². The molecule has 20 heavy (non-hydrogen) atoms. The molecule has 3 heteroatoms. The van der Waals surface area contributed by atoms with E-state index in [0.29, 0.717) is 0 Å². The predicted molar refractivity (Wildman–Crippen MR) is 87.4 cm³/mol. The summed E-state index contributed by atoms with van der Waals surface area (Å²) < 4.78 is 0. The maximum atomic E-state index is 6.44. The lowest BCUT2D eigenvalue weighted by Gasteiger charge is -2.48. The van der Waals surface area contributed by atoms with Crippen LogP contribution in [-0.2, 0) is 0 Å². The van der Waals surface area contributed by atoms with Gasteiger partial charge in [-0.05, 0) is 58.0 Å². The van der Waals surface area contributed by atoms with Crippen molar-refractivity contribution in [1.29, 1.82) is 0 Å². The highest BCUT2D eigenvalue weighted by atomic mass is 35.5. The number of likely N-dealkylation sites (tertiary alicyclic amines) is 1. The molecular formula is C17H27ClN2. The number of nitrogens with one attached hydrogen (secondary N) is 1. The molecule has 1 aromatic carbocycles. The van der Waals surface area contributed by atoms with Crippen LogP contribution in [0, 0.1) is 0 Å². The van der Waals surface area contributed by atoms with Crippen molar-refractivity contribution in [3.05, 3.63) is 34.9 Å². The van der Waals surface area contributed by atoms with Crippen LogP contribution in [0.2, 0.25) is 5.02 Å². The molecule has 2 nitrogen and oxygen atoms in total. The molecule has 0 aromatic heterocycles. The van der Waals surface area contributed by atoms with Gasteiger partial charge in [0.25, 0.3) is 0 Å². The molecule has 112 valence electrons. The SMILES string of the molecule is CCC(C)(C(NC)c1ccccc1Cl)N1CCCCC1. The summed E-state index contributed by atoms with van der Waals surface area (Å²) in [6.07, 6.45) is 5.11. The zero-order chi connectivity index (χ0) is 14.6. The summed E-state index contributed by atoms with van der Waals surface area (Å²) in [5.74, 6) is 0. The number of likely N-dealkylation sites (N-methyl/N-ethyl adjacent to an activating group) is 1. The van der Waals surface area contributed by atoms with E-state index in [2.05, 4.69) is 36.2 Å².